The van der Waals surface area contributed by atoms with Crippen molar-refractivity contribution >= 4 is 35.0 Å². The third-order valence-corrected chi connectivity index (χ3v) is 4.76. The molecule has 3 rings (SSSR count). The molecule has 1 heterocycles. The van der Waals surface area contributed by atoms with Crippen LogP contribution in [-0.4, -0.2) is 23.4 Å². The Labute approximate surface area is 169 Å². The van der Waals surface area contributed by atoms with E-state index in [1.807, 2.05) is 12.1 Å². The lowest BCUT2D eigenvalue weighted by molar-refractivity contribution is -0.113. The summed E-state index contributed by atoms with van der Waals surface area (Å²) in [6.07, 6.45) is 0. The Morgan fingerprint density at radius 2 is 1.96 bits per heavy atom. The van der Waals surface area contributed by atoms with Gasteiger partial charge in [0, 0.05) is 16.7 Å². The Hall–Kier alpha value is -2.58. The molecule has 0 saturated carbocycles. The van der Waals surface area contributed by atoms with Crippen LogP contribution in [0.3, 0.4) is 0 Å². The van der Waals surface area contributed by atoms with Crippen LogP contribution in [0.5, 0.6) is 5.75 Å². The van der Waals surface area contributed by atoms with Gasteiger partial charge in [0.05, 0.1) is 17.2 Å². The molecular formula is C19H15ClF2N2O3S. The van der Waals surface area contributed by atoms with Crippen molar-refractivity contribution in [1.29, 1.82) is 0 Å². The zero-order valence-electron chi connectivity index (χ0n) is 14.4. The number of benzene rings is 2. The standard InChI is InChI=1S/C19H15ClF2N2O3S/c20-13-7-5-12(6-8-13)16-9-14(27-24-16)10-28-11-18(25)23-15-3-1-2-4-17(15)26-19(21)22/h1-9,19H,10-11H2,(H,23,25). The lowest BCUT2D eigenvalue weighted by Crippen LogP contribution is -2.15. The van der Waals surface area contributed by atoms with Crippen molar-refractivity contribution in [3.63, 3.8) is 0 Å². The van der Waals surface area contributed by atoms with Gasteiger partial charge < -0.3 is 14.6 Å². The normalized spacial score (nSPS) is 10.9. The fourth-order valence-electron chi connectivity index (χ4n) is 2.34. The largest absolute Gasteiger partial charge is 0.433 e. The molecule has 0 fully saturated rings. The molecule has 0 unspecified atom stereocenters. The van der Waals surface area contributed by atoms with Gasteiger partial charge in [0.15, 0.2) is 0 Å². The summed E-state index contributed by atoms with van der Waals surface area (Å²) in [6, 6.07) is 15.0. The first-order valence-corrected chi connectivity index (χ1v) is 9.67. The molecule has 0 bridgehead atoms. The molecule has 0 aliphatic rings. The number of ether oxygens (including phenoxy) is 1. The fraction of sp³-hybridized carbons (Fsp3) is 0.158. The van der Waals surface area contributed by atoms with Gasteiger partial charge in [-0.05, 0) is 24.3 Å². The van der Waals surface area contributed by atoms with Crippen molar-refractivity contribution in [2.24, 2.45) is 0 Å². The minimum atomic E-state index is -2.96. The van der Waals surface area contributed by atoms with Crippen molar-refractivity contribution in [2.45, 2.75) is 12.4 Å². The average molecular weight is 425 g/mol. The number of halogens is 3. The lowest BCUT2D eigenvalue weighted by atomic mass is 10.1. The number of aromatic nitrogens is 1. The summed E-state index contributed by atoms with van der Waals surface area (Å²) in [4.78, 5) is 12.1. The predicted molar refractivity (Wildman–Crippen MR) is 105 cm³/mol. The second kappa shape index (κ2) is 9.57. The Balaban J connectivity index is 1.50. The van der Waals surface area contributed by atoms with Gasteiger partial charge in [-0.3, -0.25) is 4.79 Å². The first kappa shape index (κ1) is 20.2. The van der Waals surface area contributed by atoms with Crippen molar-refractivity contribution < 1.29 is 22.8 Å². The van der Waals surface area contributed by atoms with E-state index in [9.17, 15) is 13.6 Å². The number of nitrogens with zero attached hydrogens (tertiary/aromatic N) is 1. The van der Waals surface area contributed by atoms with Gasteiger partial charge in [-0.2, -0.15) is 8.78 Å². The molecular weight excluding hydrogens is 410 g/mol. The Morgan fingerprint density at radius 1 is 1.21 bits per heavy atom. The molecule has 5 nitrogen and oxygen atoms in total. The summed E-state index contributed by atoms with van der Waals surface area (Å²) >= 11 is 7.17. The van der Waals surface area contributed by atoms with E-state index in [1.54, 1.807) is 30.3 Å². The quantitative estimate of drug-likeness (QED) is 0.519. The van der Waals surface area contributed by atoms with Crippen LogP contribution in [0.25, 0.3) is 11.3 Å². The number of anilines is 1. The maximum Gasteiger partial charge on any atom is 0.387 e. The van der Waals surface area contributed by atoms with Crippen molar-refractivity contribution in [2.75, 3.05) is 11.1 Å². The third kappa shape index (κ3) is 5.71. The molecule has 28 heavy (non-hydrogen) atoms. The van der Waals surface area contributed by atoms with E-state index in [1.165, 1.54) is 23.9 Å². The number of nitrogens with one attached hydrogen (secondary N) is 1. The van der Waals surface area contributed by atoms with Gasteiger partial charge in [-0.25, -0.2) is 0 Å². The van der Waals surface area contributed by atoms with E-state index in [4.69, 9.17) is 16.1 Å². The number of rotatable bonds is 8. The molecule has 1 amide bonds. The molecule has 9 heteroatoms. The molecule has 0 atom stereocenters. The number of carbonyl (C=O) groups excluding carboxylic acids is 1. The second-order valence-electron chi connectivity index (χ2n) is 5.60. The first-order valence-electron chi connectivity index (χ1n) is 8.14. The molecule has 1 aromatic heterocycles. The van der Waals surface area contributed by atoms with E-state index in [0.29, 0.717) is 22.2 Å². The number of hydrogen-bond donors (Lipinski definition) is 1. The average Bonchev–Trinajstić information content (AvgIpc) is 3.12. The van der Waals surface area contributed by atoms with Crippen molar-refractivity contribution in [3.05, 3.63) is 65.4 Å². The van der Waals surface area contributed by atoms with Crippen LogP contribution < -0.4 is 10.1 Å². The van der Waals surface area contributed by atoms with Crippen LogP contribution in [0.4, 0.5) is 14.5 Å². The lowest BCUT2D eigenvalue weighted by Gasteiger charge is -2.11. The molecule has 0 aliphatic carbocycles. The number of alkyl halides is 2. The smallest absolute Gasteiger partial charge is 0.387 e. The Bertz CT molecular complexity index is 935. The van der Waals surface area contributed by atoms with E-state index < -0.39 is 6.61 Å². The maximum atomic E-state index is 12.4. The molecule has 0 saturated heterocycles. The summed E-state index contributed by atoms with van der Waals surface area (Å²) < 4.78 is 34.5. The predicted octanol–water partition coefficient (Wildman–Crippen LogP) is 5.47. The minimum absolute atomic E-state index is 0.0845. The molecule has 2 aromatic carbocycles. The van der Waals surface area contributed by atoms with Crippen LogP contribution in [0, 0.1) is 0 Å². The summed E-state index contributed by atoms with van der Waals surface area (Å²) in [6.45, 7) is -2.96. The highest BCUT2D eigenvalue weighted by molar-refractivity contribution is 7.99. The highest BCUT2D eigenvalue weighted by Crippen LogP contribution is 2.26. The Kier molecular flexibility index (Phi) is 6.89. The molecule has 0 spiro atoms. The fourth-order valence-corrected chi connectivity index (χ4v) is 3.16. The van der Waals surface area contributed by atoms with Crippen LogP contribution >= 0.6 is 23.4 Å². The topological polar surface area (TPSA) is 64.4 Å². The summed E-state index contributed by atoms with van der Waals surface area (Å²) in [5.41, 5.74) is 1.74. The van der Waals surface area contributed by atoms with E-state index in [2.05, 4.69) is 15.2 Å². The van der Waals surface area contributed by atoms with Crippen molar-refractivity contribution in [3.8, 4) is 17.0 Å². The SMILES string of the molecule is O=C(CSCc1cc(-c2ccc(Cl)cc2)no1)Nc1ccccc1OC(F)F. The number of carbonyl (C=O) groups is 1. The molecule has 146 valence electrons. The first-order chi connectivity index (χ1) is 13.5. The zero-order valence-corrected chi connectivity index (χ0v) is 16.0. The maximum absolute atomic E-state index is 12.4. The number of thioether (sulfide) groups is 1. The van der Waals surface area contributed by atoms with Gasteiger partial charge in [-0.15, -0.1) is 11.8 Å². The number of hydrogen-bond acceptors (Lipinski definition) is 5. The highest BCUT2D eigenvalue weighted by Gasteiger charge is 2.12. The Morgan fingerprint density at radius 3 is 2.71 bits per heavy atom. The van der Waals surface area contributed by atoms with Crippen LogP contribution in [-0.2, 0) is 10.5 Å². The molecule has 0 aliphatic heterocycles. The van der Waals surface area contributed by atoms with Gasteiger partial charge >= 0.3 is 6.61 Å². The summed E-state index contributed by atoms with van der Waals surface area (Å²) in [5.74, 6) is 0.735. The van der Waals surface area contributed by atoms with E-state index in [0.717, 1.165) is 5.56 Å². The van der Waals surface area contributed by atoms with Crippen LogP contribution in [0.1, 0.15) is 5.76 Å². The number of amides is 1. The third-order valence-electron chi connectivity index (χ3n) is 3.55. The van der Waals surface area contributed by atoms with Crippen molar-refractivity contribution in [1.82, 2.24) is 5.16 Å². The monoisotopic (exact) mass is 424 g/mol. The summed E-state index contributed by atoms with van der Waals surface area (Å²) in [5, 5.41) is 7.20. The summed E-state index contributed by atoms with van der Waals surface area (Å²) in [7, 11) is 0. The molecule has 1 N–H and O–H groups in total. The zero-order chi connectivity index (χ0) is 19.9. The highest BCUT2D eigenvalue weighted by atomic mass is 35.5. The minimum Gasteiger partial charge on any atom is -0.433 e. The van der Waals surface area contributed by atoms with E-state index >= 15 is 0 Å². The van der Waals surface area contributed by atoms with Crippen LogP contribution in [0.15, 0.2) is 59.1 Å². The van der Waals surface area contributed by atoms with Gasteiger partial charge in [-0.1, -0.05) is 41.0 Å². The molecule has 0 radical (unpaired) electrons. The van der Waals surface area contributed by atoms with Gasteiger partial charge in [0.2, 0.25) is 5.91 Å². The van der Waals surface area contributed by atoms with Gasteiger partial charge in [0.1, 0.15) is 17.2 Å². The number of para-hydroxylation sites is 2. The van der Waals surface area contributed by atoms with Crippen LogP contribution in [0.2, 0.25) is 5.02 Å². The van der Waals surface area contributed by atoms with Gasteiger partial charge in [0.25, 0.3) is 0 Å². The second-order valence-corrected chi connectivity index (χ2v) is 7.02. The van der Waals surface area contributed by atoms with E-state index in [-0.39, 0.29) is 23.1 Å². The molecule has 3 aromatic rings.